The molecule has 0 saturated heterocycles. The molecule has 0 bridgehead atoms. The summed E-state index contributed by atoms with van der Waals surface area (Å²) >= 11 is 1.46. The first-order chi connectivity index (χ1) is 15.1. The highest BCUT2D eigenvalue weighted by molar-refractivity contribution is 7.98. The van der Waals surface area contributed by atoms with E-state index in [4.69, 9.17) is 9.15 Å². The van der Waals surface area contributed by atoms with Crippen molar-refractivity contribution in [1.29, 1.82) is 0 Å². The van der Waals surface area contributed by atoms with Crippen molar-refractivity contribution in [2.45, 2.75) is 11.0 Å². The second-order valence-corrected chi connectivity index (χ2v) is 7.44. The number of carbonyl (C=O) groups is 1. The molecule has 8 heteroatoms. The van der Waals surface area contributed by atoms with E-state index in [1.54, 1.807) is 7.11 Å². The number of hydrogen-bond donors (Lipinski definition) is 1. The summed E-state index contributed by atoms with van der Waals surface area (Å²) in [4.78, 5) is 16.5. The van der Waals surface area contributed by atoms with E-state index in [0.717, 1.165) is 28.0 Å². The molecule has 4 rings (SSSR count). The van der Waals surface area contributed by atoms with Crippen LogP contribution in [0.15, 0.2) is 81.5 Å². The number of amides is 1. The second-order valence-electron chi connectivity index (χ2n) is 6.51. The van der Waals surface area contributed by atoms with Crippen molar-refractivity contribution in [1.82, 2.24) is 10.4 Å². The minimum Gasteiger partial charge on any atom is -0.496 e. The number of nitrogens with zero attached hydrogens (tertiary/aromatic N) is 2. The monoisotopic (exact) mass is 435 g/mol. The zero-order chi connectivity index (χ0) is 21.6. The molecular formula is C23H18FN3O3S. The average molecular weight is 435 g/mol. The lowest BCUT2D eigenvalue weighted by Gasteiger charge is -2.08. The van der Waals surface area contributed by atoms with Crippen molar-refractivity contribution in [2.75, 3.05) is 7.11 Å². The van der Waals surface area contributed by atoms with Gasteiger partial charge in [-0.25, -0.2) is 14.8 Å². The van der Waals surface area contributed by atoms with E-state index in [1.165, 1.54) is 42.2 Å². The van der Waals surface area contributed by atoms with Crippen LogP contribution in [0.2, 0.25) is 0 Å². The number of benzene rings is 3. The number of aromatic nitrogens is 1. The van der Waals surface area contributed by atoms with Gasteiger partial charge >= 0.3 is 0 Å². The predicted molar refractivity (Wildman–Crippen MR) is 118 cm³/mol. The highest BCUT2D eigenvalue weighted by Gasteiger charge is 2.10. The first kappa shape index (κ1) is 20.6. The molecule has 0 radical (unpaired) electrons. The highest BCUT2D eigenvalue weighted by Crippen LogP contribution is 2.30. The number of halogens is 1. The fourth-order valence-corrected chi connectivity index (χ4v) is 3.69. The lowest BCUT2D eigenvalue weighted by Crippen LogP contribution is -2.17. The third-order valence-corrected chi connectivity index (χ3v) is 5.29. The van der Waals surface area contributed by atoms with Crippen molar-refractivity contribution >= 4 is 35.0 Å². The number of carbonyl (C=O) groups excluding carboxylic acids is 1. The van der Waals surface area contributed by atoms with Gasteiger partial charge in [-0.15, -0.1) is 0 Å². The predicted octanol–water partition coefficient (Wildman–Crippen LogP) is 5.03. The smallest absolute Gasteiger partial charge is 0.271 e. The molecule has 0 saturated carbocycles. The van der Waals surface area contributed by atoms with Gasteiger partial charge in [-0.1, -0.05) is 23.9 Å². The number of hydrogen-bond acceptors (Lipinski definition) is 6. The Hall–Kier alpha value is -3.65. The Morgan fingerprint density at radius 3 is 2.77 bits per heavy atom. The van der Waals surface area contributed by atoms with Crippen molar-refractivity contribution in [2.24, 2.45) is 5.10 Å². The Bertz CT molecular complexity index is 1210. The average Bonchev–Trinajstić information content (AvgIpc) is 3.21. The molecule has 4 aromatic rings. The molecule has 0 aliphatic carbocycles. The second kappa shape index (κ2) is 9.44. The summed E-state index contributed by atoms with van der Waals surface area (Å²) < 4.78 is 24.2. The Kier molecular flexibility index (Phi) is 6.28. The summed E-state index contributed by atoms with van der Waals surface area (Å²) in [6.45, 7) is 0. The minimum absolute atomic E-state index is 0.323. The van der Waals surface area contributed by atoms with E-state index < -0.39 is 11.7 Å². The van der Waals surface area contributed by atoms with E-state index in [2.05, 4.69) is 15.5 Å². The molecule has 3 aromatic carbocycles. The molecule has 31 heavy (non-hydrogen) atoms. The van der Waals surface area contributed by atoms with Crippen LogP contribution >= 0.6 is 11.8 Å². The zero-order valence-electron chi connectivity index (χ0n) is 16.5. The van der Waals surface area contributed by atoms with Crippen molar-refractivity contribution in [3.63, 3.8) is 0 Å². The van der Waals surface area contributed by atoms with Gasteiger partial charge in [-0.2, -0.15) is 5.10 Å². The highest BCUT2D eigenvalue weighted by atomic mass is 32.2. The minimum atomic E-state index is -0.420. The van der Waals surface area contributed by atoms with Crippen LogP contribution in [0.3, 0.4) is 0 Å². The number of ether oxygens (including phenoxy) is 1. The van der Waals surface area contributed by atoms with Gasteiger partial charge in [0.1, 0.15) is 17.1 Å². The van der Waals surface area contributed by atoms with Gasteiger partial charge in [0, 0.05) is 16.9 Å². The molecule has 0 aliphatic heterocycles. The number of oxazole rings is 1. The van der Waals surface area contributed by atoms with Gasteiger partial charge in [-0.3, -0.25) is 4.79 Å². The van der Waals surface area contributed by atoms with Gasteiger partial charge in [0.05, 0.1) is 13.3 Å². The van der Waals surface area contributed by atoms with Crippen molar-refractivity contribution < 1.29 is 18.3 Å². The van der Waals surface area contributed by atoms with Crippen LogP contribution in [0, 0.1) is 5.82 Å². The SMILES string of the molecule is COc1ccc(/C=N\NC(=O)c2ccc(F)cc2)cc1CSc1nc2ccccc2o1. The standard InChI is InChI=1S/C23H18FN3O3S/c1-29-20-11-6-15(13-25-27-22(28)16-7-9-18(24)10-8-16)12-17(20)14-31-23-26-19-4-2-3-5-21(19)30-23/h2-13H,14H2,1H3,(H,27,28)/b25-13-. The molecule has 1 N–H and O–H groups in total. The number of nitrogens with one attached hydrogen (secondary N) is 1. The Balaban J connectivity index is 1.43. The molecule has 0 aliphatic rings. The Morgan fingerprint density at radius 2 is 2.00 bits per heavy atom. The normalized spacial score (nSPS) is 11.2. The number of thioether (sulfide) groups is 1. The number of para-hydroxylation sites is 2. The summed E-state index contributed by atoms with van der Waals surface area (Å²) in [5.41, 5.74) is 6.04. The van der Waals surface area contributed by atoms with Gasteiger partial charge in [0.2, 0.25) is 0 Å². The fraction of sp³-hybridized carbons (Fsp3) is 0.0870. The summed E-state index contributed by atoms with van der Waals surface area (Å²) in [5, 5.41) is 4.56. The van der Waals surface area contributed by atoms with Crippen molar-refractivity contribution in [3.05, 3.63) is 89.2 Å². The van der Waals surface area contributed by atoms with Crippen LogP contribution in [0.25, 0.3) is 11.1 Å². The summed E-state index contributed by atoms with van der Waals surface area (Å²) in [6, 6.07) is 18.4. The fourth-order valence-electron chi connectivity index (χ4n) is 2.88. The molecule has 0 atom stereocenters. The van der Waals surface area contributed by atoms with Crippen LogP contribution in [-0.2, 0) is 5.75 Å². The topological polar surface area (TPSA) is 76.7 Å². The maximum absolute atomic E-state index is 13.0. The molecule has 156 valence electrons. The molecular weight excluding hydrogens is 417 g/mol. The first-order valence-corrected chi connectivity index (χ1v) is 10.4. The van der Waals surface area contributed by atoms with Gasteiger partial charge in [-0.05, 0) is 60.2 Å². The maximum atomic E-state index is 13.0. The lowest BCUT2D eigenvalue weighted by atomic mass is 10.1. The van der Waals surface area contributed by atoms with Crippen LogP contribution in [0.4, 0.5) is 4.39 Å². The third kappa shape index (κ3) is 5.10. The quantitative estimate of drug-likeness (QED) is 0.250. The summed E-state index contributed by atoms with van der Waals surface area (Å²) in [7, 11) is 1.61. The molecule has 6 nitrogen and oxygen atoms in total. The van der Waals surface area contributed by atoms with Crippen LogP contribution in [0.1, 0.15) is 21.5 Å². The summed E-state index contributed by atoms with van der Waals surface area (Å²) in [6.07, 6.45) is 1.54. The molecule has 1 heterocycles. The van der Waals surface area contributed by atoms with E-state index in [9.17, 15) is 9.18 Å². The number of hydrazone groups is 1. The number of rotatable bonds is 7. The Labute approximate surface area is 182 Å². The molecule has 1 aromatic heterocycles. The Morgan fingerprint density at radius 1 is 1.19 bits per heavy atom. The van der Waals surface area contributed by atoms with Crippen LogP contribution in [-0.4, -0.2) is 24.2 Å². The van der Waals surface area contributed by atoms with Crippen molar-refractivity contribution in [3.8, 4) is 5.75 Å². The van der Waals surface area contributed by atoms with Gasteiger partial charge in [0.25, 0.3) is 11.1 Å². The van der Waals surface area contributed by atoms with E-state index >= 15 is 0 Å². The molecule has 1 amide bonds. The molecule has 0 fully saturated rings. The molecule has 0 spiro atoms. The van der Waals surface area contributed by atoms with Gasteiger partial charge in [0.15, 0.2) is 5.58 Å². The van der Waals surface area contributed by atoms with E-state index in [1.807, 2.05) is 42.5 Å². The van der Waals surface area contributed by atoms with E-state index in [0.29, 0.717) is 16.5 Å². The van der Waals surface area contributed by atoms with Gasteiger partial charge < -0.3 is 9.15 Å². The number of methoxy groups -OCH3 is 1. The summed E-state index contributed by atoms with van der Waals surface area (Å²) in [5.74, 6) is 0.494. The van der Waals surface area contributed by atoms with Crippen LogP contribution in [0.5, 0.6) is 5.75 Å². The lowest BCUT2D eigenvalue weighted by molar-refractivity contribution is 0.0955. The largest absolute Gasteiger partial charge is 0.496 e. The zero-order valence-corrected chi connectivity index (χ0v) is 17.4. The van der Waals surface area contributed by atoms with E-state index in [-0.39, 0.29) is 0 Å². The maximum Gasteiger partial charge on any atom is 0.271 e. The third-order valence-electron chi connectivity index (χ3n) is 4.42. The van der Waals surface area contributed by atoms with Crippen LogP contribution < -0.4 is 10.2 Å². The first-order valence-electron chi connectivity index (χ1n) is 9.36. The number of fused-ring (bicyclic) bond motifs is 1. The molecule has 0 unspecified atom stereocenters.